The second kappa shape index (κ2) is 7.15. The number of hydrogen-bond donors (Lipinski definition) is 1. The molecule has 8 heteroatoms. The topological polar surface area (TPSA) is 66.5 Å². The summed E-state index contributed by atoms with van der Waals surface area (Å²) in [4.78, 5) is 15.0. The van der Waals surface area contributed by atoms with Crippen LogP contribution in [0.5, 0.6) is 0 Å². The Morgan fingerprint density at radius 3 is 2.88 bits per heavy atom. The minimum atomic E-state index is -3.00. The molecule has 1 atom stereocenters. The number of likely N-dealkylation sites (tertiary alicyclic amines) is 1. The molecule has 2 aliphatic rings. The Kier molecular flexibility index (Phi) is 5.29. The van der Waals surface area contributed by atoms with Crippen LogP contribution in [0.15, 0.2) is 23.1 Å². The summed E-state index contributed by atoms with van der Waals surface area (Å²) in [5, 5.41) is 2.70. The summed E-state index contributed by atoms with van der Waals surface area (Å²) in [5.41, 5.74) is -0.122. The first-order chi connectivity index (χ1) is 11.8. The fraction of sp³-hybridized carbons (Fsp3) is 0.588. The monoisotopic (exact) mass is 386 g/mol. The van der Waals surface area contributed by atoms with E-state index >= 15 is 0 Å². The molecule has 0 bridgehead atoms. The summed E-state index contributed by atoms with van der Waals surface area (Å²) in [6, 6.07) is 4.39. The van der Waals surface area contributed by atoms with E-state index in [1.165, 1.54) is 17.8 Å². The fourth-order valence-corrected chi connectivity index (χ4v) is 6.75. The highest BCUT2D eigenvalue weighted by Crippen LogP contribution is 2.40. The van der Waals surface area contributed by atoms with E-state index in [1.807, 2.05) is 6.92 Å². The average Bonchev–Trinajstić information content (AvgIpc) is 2.85. The average molecular weight is 387 g/mol. The van der Waals surface area contributed by atoms with Gasteiger partial charge in [0.15, 0.2) is 9.84 Å². The van der Waals surface area contributed by atoms with Crippen molar-refractivity contribution in [1.82, 2.24) is 4.90 Å². The van der Waals surface area contributed by atoms with Crippen molar-refractivity contribution >= 4 is 33.3 Å². The van der Waals surface area contributed by atoms with Gasteiger partial charge in [-0.05, 0) is 37.1 Å². The van der Waals surface area contributed by atoms with Gasteiger partial charge < -0.3 is 10.2 Å². The minimum absolute atomic E-state index is 0.153. The van der Waals surface area contributed by atoms with E-state index in [0.717, 1.165) is 18.6 Å². The van der Waals surface area contributed by atoms with Crippen LogP contribution in [0.3, 0.4) is 0 Å². The molecule has 3 rings (SSSR count). The van der Waals surface area contributed by atoms with Gasteiger partial charge >= 0.3 is 6.03 Å². The van der Waals surface area contributed by atoms with Gasteiger partial charge in [-0.15, -0.1) is 11.8 Å². The summed E-state index contributed by atoms with van der Waals surface area (Å²) in [7, 11) is -3.00. The fourth-order valence-electron chi connectivity index (χ4n) is 3.77. The van der Waals surface area contributed by atoms with E-state index in [0.29, 0.717) is 24.4 Å². The van der Waals surface area contributed by atoms with Gasteiger partial charge in [0.1, 0.15) is 5.82 Å². The van der Waals surface area contributed by atoms with E-state index in [-0.39, 0.29) is 28.6 Å². The smallest absolute Gasteiger partial charge is 0.321 e. The quantitative estimate of drug-likeness (QED) is 0.809. The van der Waals surface area contributed by atoms with Gasteiger partial charge in [0, 0.05) is 23.4 Å². The van der Waals surface area contributed by atoms with Crippen molar-refractivity contribution < 1.29 is 17.6 Å². The van der Waals surface area contributed by atoms with Gasteiger partial charge in [-0.2, -0.15) is 0 Å². The predicted molar refractivity (Wildman–Crippen MR) is 98.3 cm³/mol. The van der Waals surface area contributed by atoms with Crippen molar-refractivity contribution in [2.24, 2.45) is 5.41 Å². The zero-order valence-electron chi connectivity index (χ0n) is 14.3. The summed E-state index contributed by atoms with van der Waals surface area (Å²) in [6.07, 6.45) is 2.21. The van der Waals surface area contributed by atoms with Crippen LogP contribution in [0.2, 0.25) is 0 Å². The maximum Gasteiger partial charge on any atom is 0.321 e. The van der Waals surface area contributed by atoms with Crippen molar-refractivity contribution in [3.63, 3.8) is 0 Å². The summed E-state index contributed by atoms with van der Waals surface area (Å²) >= 11 is 1.47. The molecule has 0 saturated carbocycles. The van der Waals surface area contributed by atoms with E-state index < -0.39 is 15.7 Å². The molecule has 1 aromatic carbocycles. The van der Waals surface area contributed by atoms with Crippen molar-refractivity contribution in [1.29, 1.82) is 0 Å². The highest BCUT2D eigenvalue weighted by molar-refractivity contribution is 7.99. The number of anilines is 1. The zero-order chi connectivity index (χ0) is 18.1. The van der Waals surface area contributed by atoms with E-state index in [1.54, 1.807) is 17.0 Å². The molecule has 2 saturated heterocycles. The third kappa shape index (κ3) is 4.11. The third-order valence-electron chi connectivity index (χ3n) is 4.93. The van der Waals surface area contributed by atoms with Crippen LogP contribution in [0.4, 0.5) is 14.9 Å². The molecule has 2 aliphatic heterocycles. The number of sulfone groups is 1. The van der Waals surface area contributed by atoms with Crippen molar-refractivity contribution in [2.45, 2.75) is 31.1 Å². The number of carbonyl (C=O) groups is 1. The molecular weight excluding hydrogens is 363 g/mol. The number of para-hydroxylation sites is 1. The van der Waals surface area contributed by atoms with Crippen LogP contribution in [-0.2, 0) is 9.84 Å². The van der Waals surface area contributed by atoms with Crippen LogP contribution in [0, 0.1) is 11.2 Å². The van der Waals surface area contributed by atoms with E-state index in [2.05, 4.69) is 5.32 Å². The Labute approximate surface area is 152 Å². The lowest BCUT2D eigenvalue weighted by Crippen LogP contribution is -2.48. The summed E-state index contributed by atoms with van der Waals surface area (Å²) in [6.45, 7) is 2.96. The van der Waals surface area contributed by atoms with Gasteiger partial charge in [0.05, 0.1) is 17.2 Å². The van der Waals surface area contributed by atoms with Crippen molar-refractivity contribution in [2.75, 3.05) is 35.7 Å². The Morgan fingerprint density at radius 1 is 1.40 bits per heavy atom. The maximum atomic E-state index is 14.2. The maximum absolute atomic E-state index is 14.2. The van der Waals surface area contributed by atoms with Crippen molar-refractivity contribution in [3.05, 3.63) is 24.0 Å². The van der Waals surface area contributed by atoms with E-state index in [9.17, 15) is 17.6 Å². The highest BCUT2D eigenvalue weighted by Gasteiger charge is 2.45. The predicted octanol–water partition coefficient (Wildman–Crippen LogP) is 3.37. The number of benzene rings is 1. The number of carbonyl (C=O) groups excluding carboxylic acids is 1. The number of nitrogens with zero attached hydrogens (tertiary/aromatic N) is 1. The Bertz CT molecular complexity index is 769. The molecule has 1 aromatic rings. The molecule has 0 aromatic heterocycles. The molecule has 1 N–H and O–H groups in total. The largest absolute Gasteiger partial charge is 0.324 e. The third-order valence-corrected chi connectivity index (χ3v) is 7.74. The first kappa shape index (κ1) is 18.5. The summed E-state index contributed by atoms with van der Waals surface area (Å²) < 4.78 is 37.9. The molecule has 25 heavy (non-hydrogen) atoms. The Balaban J connectivity index is 1.74. The molecular formula is C17H23FN2O3S2. The molecule has 2 heterocycles. The van der Waals surface area contributed by atoms with Crippen LogP contribution < -0.4 is 5.32 Å². The minimum Gasteiger partial charge on any atom is -0.324 e. The van der Waals surface area contributed by atoms with Gasteiger partial charge in [0.25, 0.3) is 0 Å². The van der Waals surface area contributed by atoms with Gasteiger partial charge in [-0.25, -0.2) is 17.6 Å². The molecule has 2 amide bonds. The van der Waals surface area contributed by atoms with Gasteiger partial charge in [0.2, 0.25) is 0 Å². The van der Waals surface area contributed by atoms with E-state index in [4.69, 9.17) is 0 Å². The molecule has 2 fully saturated rings. The van der Waals surface area contributed by atoms with Crippen LogP contribution >= 0.6 is 11.8 Å². The Morgan fingerprint density at radius 2 is 2.20 bits per heavy atom. The standard InChI is InChI=1S/C17H23FN2O3S2/c1-2-24-14-6-3-5-13(18)15(14)19-16(21)20-9-4-7-17(11-20)8-10-25(22,23)12-17/h3,5-6H,2,4,7-12H2,1H3,(H,19,21). The SMILES string of the molecule is CCSc1cccc(F)c1NC(=O)N1CCCC2(CCS(=O)(=O)C2)C1. The van der Waals surface area contributed by atoms with Crippen LogP contribution in [0.1, 0.15) is 26.2 Å². The zero-order valence-corrected chi connectivity index (χ0v) is 15.9. The lowest BCUT2D eigenvalue weighted by Gasteiger charge is -2.39. The van der Waals surface area contributed by atoms with Crippen LogP contribution in [-0.4, -0.2) is 49.7 Å². The summed E-state index contributed by atoms with van der Waals surface area (Å²) in [5.74, 6) is 0.673. The Hall–Kier alpha value is -1.28. The highest BCUT2D eigenvalue weighted by atomic mass is 32.2. The van der Waals surface area contributed by atoms with Crippen molar-refractivity contribution in [3.8, 4) is 0 Å². The van der Waals surface area contributed by atoms with Crippen LogP contribution in [0.25, 0.3) is 0 Å². The second-order valence-electron chi connectivity index (χ2n) is 6.84. The molecule has 0 aliphatic carbocycles. The number of amides is 2. The molecule has 5 nitrogen and oxygen atoms in total. The number of rotatable bonds is 3. The number of urea groups is 1. The number of piperidine rings is 1. The second-order valence-corrected chi connectivity index (χ2v) is 10.3. The first-order valence-corrected chi connectivity index (χ1v) is 11.3. The normalized spacial score (nSPS) is 25.3. The molecule has 0 radical (unpaired) electrons. The lowest BCUT2D eigenvalue weighted by atomic mass is 9.80. The molecule has 1 unspecified atom stereocenters. The van der Waals surface area contributed by atoms with Gasteiger partial charge in [-0.3, -0.25) is 0 Å². The van der Waals surface area contributed by atoms with Gasteiger partial charge in [-0.1, -0.05) is 13.0 Å². The number of hydrogen-bond acceptors (Lipinski definition) is 4. The number of nitrogens with one attached hydrogen (secondary N) is 1. The number of halogens is 1. The molecule has 1 spiro atoms. The number of thioether (sulfide) groups is 1. The molecule has 138 valence electrons. The first-order valence-electron chi connectivity index (χ1n) is 8.52. The lowest BCUT2D eigenvalue weighted by molar-refractivity contribution is 0.129.